The number of rotatable bonds is 9. The van der Waals surface area contributed by atoms with Gasteiger partial charge in [0.15, 0.2) is 11.5 Å². The first kappa shape index (κ1) is 18.0. The molecule has 3 nitrogen and oxygen atoms in total. The highest BCUT2D eigenvalue weighted by Crippen LogP contribution is 2.28. The van der Waals surface area contributed by atoms with Gasteiger partial charge in [0.05, 0.1) is 13.7 Å². The summed E-state index contributed by atoms with van der Waals surface area (Å²) in [6.07, 6.45) is 0.879. The lowest BCUT2D eigenvalue weighted by Gasteiger charge is -2.13. The lowest BCUT2D eigenvalue weighted by Crippen LogP contribution is -2.12. The molecule has 0 spiro atoms. The van der Waals surface area contributed by atoms with Gasteiger partial charge in [0, 0.05) is 19.5 Å². The second-order valence-electron chi connectivity index (χ2n) is 6.16. The normalized spacial score (nSPS) is 10.5. The van der Waals surface area contributed by atoms with E-state index in [0.29, 0.717) is 6.61 Å². The number of benzene rings is 3. The first-order chi connectivity index (χ1) is 12.8. The van der Waals surface area contributed by atoms with Crippen LogP contribution >= 0.6 is 0 Å². The van der Waals surface area contributed by atoms with Crippen LogP contribution in [0.5, 0.6) is 11.5 Å². The molecule has 0 bridgehead atoms. The summed E-state index contributed by atoms with van der Waals surface area (Å²) in [6, 6.07) is 26.8. The zero-order chi connectivity index (χ0) is 18.0. The second-order valence-corrected chi connectivity index (χ2v) is 6.16. The van der Waals surface area contributed by atoms with Gasteiger partial charge in [0.25, 0.3) is 0 Å². The van der Waals surface area contributed by atoms with Gasteiger partial charge in [-0.3, -0.25) is 0 Å². The first-order valence-electron chi connectivity index (χ1n) is 8.93. The van der Waals surface area contributed by atoms with Crippen LogP contribution in [0.1, 0.15) is 16.7 Å². The molecule has 26 heavy (non-hydrogen) atoms. The summed E-state index contributed by atoms with van der Waals surface area (Å²) in [5.74, 6) is 1.56. The molecule has 3 aromatic carbocycles. The topological polar surface area (TPSA) is 30.5 Å². The van der Waals surface area contributed by atoms with Gasteiger partial charge in [-0.25, -0.2) is 0 Å². The molecule has 1 N–H and O–H groups in total. The SMILES string of the molecule is COc1cc(CNCc2ccccc2)ccc1OCCc1ccccc1. The molecule has 0 heterocycles. The highest BCUT2D eigenvalue weighted by atomic mass is 16.5. The monoisotopic (exact) mass is 347 g/mol. The standard InChI is InChI=1S/C23H25NO2/c1-25-23-16-21(18-24-17-20-10-6-3-7-11-20)12-13-22(23)26-15-14-19-8-4-2-5-9-19/h2-13,16,24H,14-15,17-18H2,1H3. The van der Waals surface area contributed by atoms with Crippen LogP contribution in [0.25, 0.3) is 0 Å². The van der Waals surface area contributed by atoms with Gasteiger partial charge in [0.2, 0.25) is 0 Å². The summed E-state index contributed by atoms with van der Waals surface area (Å²) in [4.78, 5) is 0. The first-order valence-corrected chi connectivity index (χ1v) is 8.93. The van der Waals surface area contributed by atoms with E-state index in [4.69, 9.17) is 9.47 Å². The molecule has 3 rings (SSSR count). The van der Waals surface area contributed by atoms with Crippen molar-refractivity contribution in [1.29, 1.82) is 0 Å². The lowest BCUT2D eigenvalue weighted by molar-refractivity contribution is 0.297. The van der Waals surface area contributed by atoms with Crippen LogP contribution in [0, 0.1) is 0 Å². The third-order valence-corrected chi connectivity index (χ3v) is 4.22. The van der Waals surface area contributed by atoms with E-state index in [9.17, 15) is 0 Å². The predicted molar refractivity (Wildman–Crippen MR) is 106 cm³/mol. The fraction of sp³-hybridized carbons (Fsp3) is 0.217. The predicted octanol–water partition coefficient (Wildman–Crippen LogP) is 4.61. The van der Waals surface area contributed by atoms with E-state index in [2.05, 4.69) is 47.8 Å². The number of nitrogens with one attached hydrogen (secondary N) is 1. The van der Waals surface area contributed by atoms with Crippen molar-refractivity contribution in [1.82, 2.24) is 5.32 Å². The summed E-state index contributed by atoms with van der Waals surface area (Å²) < 4.78 is 11.4. The summed E-state index contributed by atoms with van der Waals surface area (Å²) in [5, 5.41) is 3.46. The van der Waals surface area contributed by atoms with Crippen molar-refractivity contribution >= 4 is 0 Å². The average Bonchev–Trinajstić information content (AvgIpc) is 2.70. The van der Waals surface area contributed by atoms with Gasteiger partial charge in [-0.2, -0.15) is 0 Å². The summed E-state index contributed by atoms with van der Waals surface area (Å²) in [6.45, 7) is 2.26. The van der Waals surface area contributed by atoms with E-state index in [1.165, 1.54) is 16.7 Å². The van der Waals surface area contributed by atoms with Gasteiger partial charge in [-0.1, -0.05) is 66.7 Å². The minimum atomic E-state index is 0.631. The Hall–Kier alpha value is -2.78. The molecule has 0 fully saturated rings. The van der Waals surface area contributed by atoms with E-state index in [1.54, 1.807) is 7.11 Å². The number of hydrogen-bond acceptors (Lipinski definition) is 3. The minimum absolute atomic E-state index is 0.631. The maximum Gasteiger partial charge on any atom is 0.161 e. The van der Waals surface area contributed by atoms with Crippen molar-refractivity contribution < 1.29 is 9.47 Å². The molecule has 0 aliphatic carbocycles. The van der Waals surface area contributed by atoms with Crippen molar-refractivity contribution in [3.05, 3.63) is 95.6 Å². The molecule has 0 aliphatic rings. The summed E-state index contributed by atoms with van der Waals surface area (Å²) in [7, 11) is 1.68. The van der Waals surface area contributed by atoms with Crippen molar-refractivity contribution in [2.75, 3.05) is 13.7 Å². The van der Waals surface area contributed by atoms with E-state index in [0.717, 1.165) is 31.0 Å². The molecule has 0 aromatic heterocycles. The molecule has 0 saturated carbocycles. The molecule has 134 valence electrons. The third-order valence-electron chi connectivity index (χ3n) is 4.22. The van der Waals surface area contributed by atoms with Crippen molar-refractivity contribution in [2.24, 2.45) is 0 Å². The van der Waals surface area contributed by atoms with Gasteiger partial charge in [-0.15, -0.1) is 0 Å². The van der Waals surface area contributed by atoms with Gasteiger partial charge in [-0.05, 0) is 28.8 Å². The maximum atomic E-state index is 5.92. The number of hydrogen-bond donors (Lipinski definition) is 1. The fourth-order valence-electron chi connectivity index (χ4n) is 2.81. The Bertz CT molecular complexity index is 788. The van der Waals surface area contributed by atoms with Crippen LogP contribution in [0.3, 0.4) is 0 Å². The number of methoxy groups -OCH3 is 1. The van der Waals surface area contributed by atoms with E-state index >= 15 is 0 Å². The fourth-order valence-corrected chi connectivity index (χ4v) is 2.81. The Balaban J connectivity index is 1.51. The van der Waals surface area contributed by atoms with Crippen LogP contribution in [0.2, 0.25) is 0 Å². The quantitative estimate of drug-likeness (QED) is 0.613. The van der Waals surface area contributed by atoms with E-state index in [-0.39, 0.29) is 0 Å². The number of ether oxygens (including phenoxy) is 2. The van der Waals surface area contributed by atoms with E-state index < -0.39 is 0 Å². The van der Waals surface area contributed by atoms with Gasteiger partial charge >= 0.3 is 0 Å². The van der Waals surface area contributed by atoms with Crippen LogP contribution in [0.15, 0.2) is 78.9 Å². The van der Waals surface area contributed by atoms with Crippen LogP contribution in [-0.4, -0.2) is 13.7 Å². The molecule has 0 saturated heterocycles. The van der Waals surface area contributed by atoms with E-state index in [1.807, 2.05) is 36.4 Å². The highest BCUT2D eigenvalue weighted by molar-refractivity contribution is 5.43. The molecule has 0 amide bonds. The summed E-state index contributed by atoms with van der Waals surface area (Å²) in [5.41, 5.74) is 3.72. The Morgan fingerprint density at radius 1 is 0.692 bits per heavy atom. The molecule has 3 aromatic rings. The van der Waals surface area contributed by atoms with Crippen LogP contribution in [-0.2, 0) is 19.5 Å². The average molecular weight is 347 g/mol. The van der Waals surface area contributed by atoms with Crippen molar-refractivity contribution in [2.45, 2.75) is 19.5 Å². The van der Waals surface area contributed by atoms with Crippen LogP contribution < -0.4 is 14.8 Å². The van der Waals surface area contributed by atoms with Crippen molar-refractivity contribution in [3.8, 4) is 11.5 Å². The molecule has 0 aliphatic heterocycles. The molecule has 3 heteroatoms. The Labute approximate surface area is 155 Å². The molecular formula is C23H25NO2. The minimum Gasteiger partial charge on any atom is -0.493 e. The molecular weight excluding hydrogens is 322 g/mol. The smallest absolute Gasteiger partial charge is 0.161 e. The Morgan fingerprint density at radius 2 is 1.35 bits per heavy atom. The third kappa shape index (κ3) is 5.36. The highest BCUT2D eigenvalue weighted by Gasteiger charge is 2.06. The van der Waals surface area contributed by atoms with Crippen molar-refractivity contribution in [3.63, 3.8) is 0 Å². The lowest BCUT2D eigenvalue weighted by atomic mass is 10.1. The molecule has 0 radical (unpaired) electrons. The zero-order valence-corrected chi connectivity index (χ0v) is 15.2. The second kappa shape index (κ2) is 9.64. The summed E-state index contributed by atoms with van der Waals surface area (Å²) >= 11 is 0. The van der Waals surface area contributed by atoms with Gasteiger partial charge in [0.1, 0.15) is 0 Å². The zero-order valence-electron chi connectivity index (χ0n) is 15.2. The van der Waals surface area contributed by atoms with Gasteiger partial charge < -0.3 is 14.8 Å². The Kier molecular flexibility index (Phi) is 6.68. The molecule has 0 atom stereocenters. The maximum absolute atomic E-state index is 5.92. The van der Waals surface area contributed by atoms with Crippen LogP contribution in [0.4, 0.5) is 0 Å². The Morgan fingerprint density at radius 3 is 2.04 bits per heavy atom. The molecule has 0 unspecified atom stereocenters. The largest absolute Gasteiger partial charge is 0.493 e.